The summed E-state index contributed by atoms with van der Waals surface area (Å²) >= 11 is 0. The summed E-state index contributed by atoms with van der Waals surface area (Å²) in [5.74, 6) is -1.97. The van der Waals surface area contributed by atoms with Gasteiger partial charge >= 0.3 is 18.1 Å². The van der Waals surface area contributed by atoms with Gasteiger partial charge in [0, 0.05) is 24.7 Å². The lowest BCUT2D eigenvalue weighted by molar-refractivity contribution is -0.192. The quantitative estimate of drug-likeness (QED) is 0.365. The number of carbonyl (C=O) groups is 3. The van der Waals surface area contributed by atoms with Crippen molar-refractivity contribution in [2.45, 2.75) is 50.8 Å². The molecular weight excluding hydrogens is 423 g/mol. The number of aliphatic carboxylic acids is 2. The van der Waals surface area contributed by atoms with E-state index in [2.05, 4.69) is 5.32 Å². The number of nitrogens with one attached hydrogen (secondary N) is 1. The van der Waals surface area contributed by atoms with E-state index in [0.29, 0.717) is 12.3 Å². The van der Waals surface area contributed by atoms with E-state index in [4.69, 9.17) is 19.7 Å². The zero-order chi connectivity index (χ0) is 21.2. The van der Waals surface area contributed by atoms with Crippen molar-refractivity contribution in [3.8, 4) is 0 Å². The van der Waals surface area contributed by atoms with Gasteiger partial charge in [-0.1, -0.05) is 21.6 Å². The summed E-state index contributed by atoms with van der Waals surface area (Å²) in [6.45, 7) is 1.42. The topological polar surface area (TPSA) is 113 Å². The predicted octanol–water partition coefficient (Wildman–Crippen LogP) is 2.94. The summed E-state index contributed by atoms with van der Waals surface area (Å²) in [4.78, 5) is 31.6. The maximum Gasteiger partial charge on any atom is 0.490 e. The van der Waals surface area contributed by atoms with Crippen LogP contribution in [0.5, 0.6) is 0 Å². The first kappa shape index (κ1) is 24.9. The monoisotopic (exact) mass is 447 g/mol. The number of carboxylic acid groups (broad SMARTS) is 2. The third-order valence-corrected chi connectivity index (χ3v) is 6.64. The van der Waals surface area contributed by atoms with Crippen molar-refractivity contribution in [2.75, 3.05) is 24.7 Å². The molecule has 7 nitrogen and oxygen atoms in total. The van der Waals surface area contributed by atoms with Crippen LogP contribution in [0.25, 0.3) is 0 Å². The summed E-state index contributed by atoms with van der Waals surface area (Å²) in [7, 11) is 3.16. The maximum atomic E-state index is 12.3. The van der Waals surface area contributed by atoms with Crippen LogP contribution in [0.3, 0.4) is 0 Å². The number of hydrogen-bond acceptors (Lipinski definition) is 6. The molecule has 0 aromatic rings. The van der Waals surface area contributed by atoms with E-state index in [1.165, 1.54) is 0 Å². The van der Waals surface area contributed by atoms with Crippen molar-refractivity contribution >= 4 is 39.4 Å². The molecule has 28 heavy (non-hydrogen) atoms. The van der Waals surface area contributed by atoms with Gasteiger partial charge < -0.3 is 20.3 Å². The Hall–Kier alpha value is -1.14. The normalized spacial score (nSPS) is 20.5. The Bertz CT molecular complexity index is 537. The number of ether oxygens (including phenoxy) is 1. The number of alkyl halides is 3. The largest absolute Gasteiger partial charge is 0.490 e. The van der Waals surface area contributed by atoms with Crippen LogP contribution in [0.1, 0.15) is 38.5 Å². The van der Waals surface area contributed by atoms with Gasteiger partial charge in [0.2, 0.25) is 5.91 Å². The zero-order valence-corrected chi connectivity index (χ0v) is 16.8. The first-order chi connectivity index (χ1) is 13.1. The van der Waals surface area contributed by atoms with Crippen molar-refractivity contribution in [1.29, 1.82) is 0 Å². The molecule has 2 rings (SSSR count). The lowest BCUT2D eigenvalue weighted by Gasteiger charge is -2.29. The van der Waals surface area contributed by atoms with Gasteiger partial charge in [-0.15, -0.1) is 0 Å². The van der Waals surface area contributed by atoms with E-state index in [1.807, 2.05) is 0 Å². The Morgan fingerprint density at radius 1 is 1.11 bits per heavy atom. The van der Waals surface area contributed by atoms with E-state index in [9.17, 15) is 22.8 Å². The summed E-state index contributed by atoms with van der Waals surface area (Å²) < 4.78 is 37.5. The number of halogens is 3. The summed E-state index contributed by atoms with van der Waals surface area (Å²) in [6.07, 6.45) is 0.394. The van der Waals surface area contributed by atoms with E-state index in [1.54, 1.807) is 21.6 Å². The Labute approximate surface area is 168 Å². The fourth-order valence-corrected chi connectivity index (χ4v) is 4.52. The highest BCUT2D eigenvalue weighted by Gasteiger charge is 2.56. The van der Waals surface area contributed by atoms with E-state index < -0.39 is 18.1 Å². The van der Waals surface area contributed by atoms with Crippen LogP contribution in [0.4, 0.5) is 13.2 Å². The van der Waals surface area contributed by atoms with Gasteiger partial charge in [-0.05, 0) is 32.1 Å². The average molecular weight is 447 g/mol. The molecule has 0 aromatic heterocycles. The molecule has 1 atom stereocenters. The summed E-state index contributed by atoms with van der Waals surface area (Å²) in [5, 5.41) is 18.7. The predicted molar refractivity (Wildman–Crippen MR) is 99.1 cm³/mol. The molecule has 1 saturated carbocycles. The second-order valence-electron chi connectivity index (χ2n) is 6.36. The molecule has 1 amide bonds. The SMILES string of the molecule is O=C(O)C(F)(F)F.O=C(O)CCSSCCNC(=O)C1(C2CCCCO2)CC1. The second-order valence-corrected chi connectivity index (χ2v) is 9.06. The van der Waals surface area contributed by atoms with Crippen molar-refractivity contribution in [3.05, 3.63) is 0 Å². The molecule has 1 unspecified atom stereocenters. The number of carbonyl (C=O) groups excluding carboxylic acids is 1. The highest BCUT2D eigenvalue weighted by molar-refractivity contribution is 8.76. The molecule has 0 radical (unpaired) electrons. The van der Waals surface area contributed by atoms with E-state index in [0.717, 1.165) is 44.5 Å². The third-order valence-electron chi connectivity index (χ3n) is 4.23. The smallest absolute Gasteiger partial charge is 0.481 e. The molecule has 2 aliphatic rings. The minimum atomic E-state index is -5.08. The number of rotatable bonds is 9. The van der Waals surface area contributed by atoms with Gasteiger partial charge in [-0.2, -0.15) is 13.2 Å². The molecule has 0 aromatic carbocycles. The maximum absolute atomic E-state index is 12.3. The molecule has 12 heteroatoms. The molecule has 1 saturated heterocycles. The van der Waals surface area contributed by atoms with Crippen molar-refractivity contribution in [1.82, 2.24) is 5.32 Å². The number of carboxylic acids is 2. The third kappa shape index (κ3) is 8.91. The van der Waals surface area contributed by atoms with Gasteiger partial charge in [-0.3, -0.25) is 9.59 Å². The Kier molecular flexibility index (Phi) is 10.5. The fraction of sp³-hybridized carbons (Fsp3) is 0.812. The Balaban J connectivity index is 0.000000480. The lowest BCUT2D eigenvalue weighted by Crippen LogP contribution is -2.42. The second kappa shape index (κ2) is 11.8. The molecule has 1 heterocycles. The molecule has 1 aliphatic carbocycles. The van der Waals surface area contributed by atoms with E-state index in [-0.39, 0.29) is 23.8 Å². The van der Waals surface area contributed by atoms with Crippen LogP contribution >= 0.6 is 21.6 Å². The van der Waals surface area contributed by atoms with Crippen LogP contribution in [-0.4, -0.2) is 65.0 Å². The lowest BCUT2D eigenvalue weighted by atomic mass is 9.92. The minimum absolute atomic E-state index is 0.115. The van der Waals surface area contributed by atoms with Gasteiger partial charge in [0.25, 0.3) is 0 Å². The number of hydrogen-bond donors (Lipinski definition) is 3. The first-order valence-electron chi connectivity index (χ1n) is 8.76. The van der Waals surface area contributed by atoms with Gasteiger partial charge in [0.05, 0.1) is 17.9 Å². The molecule has 2 fully saturated rings. The van der Waals surface area contributed by atoms with Crippen LogP contribution in [0.2, 0.25) is 0 Å². The first-order valence-corrected chi connectivity index (χ1v) is 11.2. The molecule has 0 spiro atoms. The van der Waals surface area contributed by atoms with Gasteiger partial charge in [0.15, 0.2) is 0 Å². The average Bonchev–Trinajstić information content (AvgIpc) is 3.43. The molecule has 1 aliphatic heterocycles. The Morgan fingerprint density at radius 3 is 2.18 bits per heavy atom. The van der Waals surface area contributed by atoms with Crippen molar-refractivity contribution in [2.24, 2.45) is 5.41 Å². The standard InChI is InChI=1S/C14H23NO4S2.C2HF3O2/c16-12(17)4-9-20-21-10-7-15-13(18)14(5-6-14)11-3-1-2-8-19-11;3-2(4,5)1(6)7/h11H,1-10H2,(H,15,18)(H,16,17);(H,6,7). The highest BCUT2D eigenvalue weighted by atomic mass is 33.1. The molecular formula is C16H24F3NO6S2. The molecule has 3 N–H and O–H groups in total. The van der Waals surface area contributed by atoms with Crippen LogP contribution < -0.4 is 5.32 Å². The fourth-order valence-electron chi connectivity index (χ4n) is 2.64. The highest BCUT2D eigenvalue weighted by Crippen LogP contribution is 2.52. The van der Waals surface area contributed by atoms with Crippen LogP contribution in [0, 0.1) is 5.41 Å². The Morgan fingerprint density at radius 2 is 1.71 bits per heavy atom. The van der Waals surface area contributed by atoms with Crippen LogP contribution in [-0.2, 0) is 19.1 Å². The molecule has 0 bridgehead atoms. The molecule has 162 valence electrons. The van der Waals surface area contributed by atoms with E-state index >= 15 is 0 Å². The van der Waals surface area contributed by atoms with Crippen molar-refractivity contribution in [3.63, 3.8) is 0 Å². The summed E-state index contributed by atoms with van der Waals surface area (Å²) in [6, 6.07) is 0. The van der Waals surface area contributed by atoms with Crippen molar-refractivity contribution < 1.29 is 42.5 Å². The summed E-state index contributed by atoms with van der Waals surface area (Å²) in [5.41, 5.74) is -0.248. The van der Waals surface area contributed by atoms with Gasteiger partial charge in [-0.25, -0.2) is 4.79 Å². The minimum Gasteiger partial charge on any atom is -0.481 e. The number of amides is 1. The van der Waals surface area contributed by atoms with Crippen LogP contribution in [0.15, 0.2) is 0 Å². The van der Waals surface area contributed by atoms with Gasteiger partial charge in [0.1, 0.15) is 0 Å². The zero-order valence-electron chi connectivity index (χ0n) is 15.1.